The molecule has 0 bridgehead atoms. The van der Waals surface area contributed by atoms with Crippen molar-refractivity contribution in [1.29, 1.82) is 0 Å². The van der Waals surface area contributed by atoms with Crippen LogP contribution in [0.3, 0.4) is 0 Å². The largest absolute Gasteiger partial charge is 0.304 e. The van der Waals surface area contributed by atoms with E-state index in [0.29, 0.717) is 12.5 Å². The lowest BCUT2D eigenvalue weighted by Crippen LogP contribution is -2.28. The summed E-state index contributed by atoms with van der Waals surface area (Å²) < 4.78 is 1.93. The number of rotatable bonds is 7. The lowest BCUT2D eigenvalue weighted by Gasteiger charge is -2.19. The summed E-state index contributed by atoms with van der Waals surface area (Å²) in [5.41, 5.74) is 5.22. The number of hydrogen-bond acceptors (Lipinski definition) is 3. The van der Waals surface area contributed by atoms with E-state index in [1.807, 2.05) is 71.4 Å². The number of carbonyl (C=O) groups is 1. The molecule has 0 saturated heterocycles. The quantitative estimate of drug-likeness (QED) is 0.397. The molecule has 5 nitrogen and oxygen atoms in total. The van der Waals surface area contributed by atoms with Crippen molar-refractivity contribution >= 4 is 11.9 Å². The van der Waals surface area contributed by atoms with Crippen molar-refractivity contribution in [1.82, 2.24) is 14.9 Å². The summed E-state index contributed by atoms with van der Waals surface area (Å²) >= 11 is 0. The third kappa shape index (κ3) is 5.76. The Labute approximate surface area is 195 Å². The van der Waals surface area contributed by atoms with Crippen LogP contribution in [0.2, 0.25) is 0 Å². The van der Waals surface area contributed by atoms with E-state index in [1.54, 1.807) is 0 Å². The molecule has 0 unspecified atom stereocenters. The molecule has 4 rings (SSSR count). The molecule has 1 heterocycles. The van der Waals surface area contributed by atoms with Crippen LogP contribution < -0.4 is 10.6 Å². The van der Waals surface area contributed by atoms with Crippen molar-refractivity contribution in [2.45, 2.75) is 32.7 Å². The van der Waals surface area contributed by atoms with E-state index in [1.165, 1.54) is 5.56 Å². The fraction of sp³-hybridized carbons (Fsp3) is 0.214. The maximum absolute atomic E-state index is 12.7. The van der Waals surface area contributed by atoms with Gasteiger partial charge in [-0.05, 0) is 28.7 Å². The van der Waals surface area contributed by atoms with E-state index in [-0.39, 0.29) is 17.9 Å². The van der Waals surface area contributed by atoms with Crippen molar-refractivity contribution in [2.75, 3.05) is 11.9 Å². The topological polar surface area (TPSA) is 59.0 Å². The van der Waals surface area contributed by atoms with Crippen LogP contribution >= 0.6 is 0 Å². The molecule has 0 aliphatic carbocycles. The average Bonchev–Trinajstić information content (AvgIpc) is 3.23. The van der Waals surface area contributed by atoms with Gasteiger partial charge in [-0.3, -0.25) is 14.7 Å². The Morgan fingerprint density at radius 2 is 1.52 bits per heavy atom. The second kappa shape index (κ2) is 9.84. The van der Waals surface area contributed by atoms with E-state index >= 15 is 0 Å². The summed E-state index contributed by atoms with van der Waals surface area (Å²) in [5, 5.41) is 6.18. The SMILES string of the molecule is CC(C)(C)c1ccc(-n2cc(-c3ccccc3)nc2NC(=O)CNCc2ccccc2)cc1. The van der Waals surface area contributed by atoms with E-state index in [4.69, 9.17) is 4.98 Å². The van der Waals surface area contributed by atoms with Crippen LogP contribution in [-0.2, 0) is 16.8 Å². The van der Waals surface area contributed by atoms with Crippen molar-refractivity contribution in [3.63, 3.8) is 0 Å². The second-order valence-corrected chi connectivity index (χ2v) is 9.12. The minimum atomic E-state index is -0.135. The lowest BCUT2D eigenvalue weighted by atomic mass is 9.87. The number of hydrogen-bond donors (Lipinski definition) is 2. The van der Waals surface area contributed by atoms with E-state index in [2.05, 4.69) is 55.7 Å². The number of nitrogens with zero attached hydrogens (tertiary/aromatic N) is 2. The van der Waals surface area contributed by atoms with Crippen LogP contribution in [0.25, 0.3) is 16.9 Å². The molecule has 0 aliphatic rings. The fourth-order valence-electron chi connectivity index (χ4n) is 3.62. The Hall–Kier alpha value is -3.70. The molecule has 0 spiro atoms. The number of amides is 1. The highest BCUT2D eigenvalue weighted by atomic mass is 16.2. The average molecular weight is 439 g/mol. The molecule has 33 heavy (non-hydrogen) atoms. The number of imidazole rings is 1. The summed E-state index contributed by atoms with van der Waals surface area (Å²) in [6.07, 6.45) is 1.97. The van der Waals surface area contributed by atoms with Crippen LogP contribution in [0, 0.1) is 0 Å². The van der Waals surface area contributed by atoms with Gasteiger partial charge in [0, 0.05) is 24.0 Å². The van der Waals surface area contributed by atoms with Crippen LogP contribution in [0.4, 0.5) is 5.95 Å². The summed E-state index contributed by atoms with van der Waals surface area (Å²) in [6, 6.07) is 28.4. The van der Waals surface area contributed by atoms with Crippen molar-refractivity contribution in [2.24, 2.45) is 0 Å². The Morgan fingerprint density at radius 3 is 2.15 bits per heavy atom. The smallest absolute Gasteiger partial charge is 0.240 e. The molecule has 0 aliphatic heterocycles. The maximum atomic E-state index is 12.7. The zero-order chi connectivity index (χ0) is 23.3. The summed E-state index contributed by atoms with van der Waals surface area (Å²) in [6.45, 7) is 7.42. The standard InChI is InChI=1S/C28H30N4O/c1-28(2,3)23-14-16-24(17-15-23)32-20-25(22-12-8-5-9-13-22)30-27(32)31-26(33)19-29-18-21-10-6-4-7-11-21/h4-17,20,29H,18-19H2,1-3H3,(H,30,31,33). The second-order valence-electron chi connectivity index (χ2n) is 9.12. The predicted octanol–water partition coefficient (Wildman–Crippen LogP) is 5.57. The minimum absolute atomic E-state index is 0.0735. The highest BCUT2D eigenvalue weighted by Crippen LogP contribution is 2.27. The molecule has 0 atom stereocenters. The first-order valence-corrected chi connectivity index (χ1v) is 11.2. The number of benzene rings is 3. The Morgan fingerprint density at radius 1 is 0.879 bits per heavy atom. The Balaban J connectivity index is 1.55. The van der Waals surface area contributed by atoms with Gasteiger partial charge in [-0.2, -0.15) is 0 Å². The first-order valence-electron chi connectivity index (χ1n) is 11.2. The third-order valence-corrected chi connectivity index (χ3v) is 5.50. The molecule has 0 saturated carbocycles. The van der Waals surface area contributed by atoms with E-state index in [0.717, 1.165) is 22.5 Å². The van der Waals surface area contributed by atoms with Crippen LogP contribution in [0.1, 0.15) is 31.9 Å². The molecule has 0 fully saturated rings. The van der Waals surface area contributed by atoms with Gasteiger partial charge in [-0.25, -0.2) is 4.98 Å². The first kappa shape index (κ1) is 22.5. The molecule has 1 aromatic heterocycles. The van der Waals surface area contributed by atoms with Gasteiger partial charge >= 0.3 is 0 Å². The molecule has 2 N–H and O–H groups in total. The lowest BCUT2D eigenvalue weighted by molar-refractivity contribution is -0.115. The van der Waals surface area contributed by atoms with E-state index < -0.39 is 0 Å². The van der Waals surface area contributed by atoms with Gasteiger partial charge in [0.15, 0.2) is 0 Å². The zero-order valence-electron chi connectivity index (χ0n) is 19.4. The van der Waals surface area contributed by atoms with Gasteiger partial charge in [0.1, 0.15) is 0 Å². The molecule has 0 radical (unpaired) electrons. The zero-order valence-corrected chi connectivity index (χ0v) is 19.4. The Bertz CT molecular complexity index is 1190. The molecular weight excluding hydrogens is 408 g/mol. The highest BCUT2D eigenvalue weighted by Gasteiger charge is 2.16. The normalized spacial score (nSPS) is 11.4. The molecule has 168 valence electrons. The molecule has 1 amide bonds. The maximum Gasteiger partial charge on any atom is 0.240 e. The highest BCUT2D eigenvalue weighted by molar-refractivity contribution is 5.91. The monoisotopic (exact) mass is 438 g/mol. The minimum Gasteiger partial charge on any atom is -0.304 e. The van der Waals surface area contributed by atoms with Gasteiger partial charge in [-0.15, -0.1) is 0 Å². The van der Waals surface area contributed by atoms with Gasteiger partial charge in [0.2, 0.25) is 11.9 Å². The van der Waals surface area contributed by atoms with E-state index in [9.17, 15) is 4.79 Å². The first-order chi connectivity index (χ1) is 15.9. The molecule has 4 aromatic rings. The molecular formula is C28H30N4O. The summed E-state index contributed by atoms with van der Waals surface area (Å²) in [7, 11) is 0. The van der Waals surface area contributed by atoms with Crippen molar-refractivity contribution in [3.8, 4) is 16.9 Å². The third-order valence-electron chi connectivity index (χ3n) is 5.50. The molecule has 3 aromatic carbocycles. The molecule has 5 heteroatoms. The predicted molar refractivity (Wildman–Crippen MR) is 134 cm³/mol. The van der Waals surface area contributed by atoms with Gasteiger partial charge < -0.3 is 5.32 Å². The van der Waals surface area contributed by atoms with Crippen molar-refractivity contribution < 1.29 is 4.79 Å². The van der Waals surface area contributed by atoms with Crippen LogP contribution in [0.5, 0.6) is 0 Å². The fourth-order valence-corrected chi connectivity index (χ4v) is 3.62. The van der Waals surface area contributed by atoms with Gasteiger partial charge in [0.25, 0.3) is 0 Å². The number of carbonyl (C=O) groups excluding carboxylic acids is 1. The van der Waals surface area contributed by atoms with Crippen molar-refractivity contribution in [3.05, 3.63) is 102 Å². The van der Waals surface area contributed by atoms with Crippen LogP contribution in [0.15, 0.2) is 91.1 Å². The van der Waals surface area contributed by atoms with Gasteiger partial charge in [-0.1, -0.05) is 93.6 Å². The number of anilines is 1. The Kier molecular flexibility index (Phi) is 6.71. The summed E-state index contributed by atoms with van der Waals surface area (Å²) in [4.78, 5) is 17.4. The van der Waals surface area contributed by atoms with Gasteiger partial charge in [0.05, 0.1) is 12.2 Å². The number of nitrogens with one attached hydrogen (secondary N) is 2. The summed E-state index contributed by atoms with van der Waals surface area (Å²) in [5.74, 6) is 0.368. The van der Waals surface area contributed by atoms with Crippen LogP contribution in [-0.4, -0.2) is 22.0 Å². The number of aromatic nitrogens is 2.